The summed E-state index contributed by atoms with van der Waals surface area (Å²) in [5.74, 6) is 0. The third-order valence-corrected chi connectivity index (χ3v) is 2.95. The molecular formula is C9H7N3OS. The smallest absolute Gasteiger partial charge is 0.256 e. The molecule has 1 aromatic carbocycles. The van der Waals surface area contributed by atoms with Crippen molar-refractivity contribution in [1.82, 2.24) is 4.98 Å². The summed E-state index contributed by atoms with van der Waals surface area (Å²) >= 11 is 1.22. The lowest BCUT2D eigenvalue weighted by Crippen LogP contribution is -2.34. The molecule has 0 bridgehead atoms. The molecule has 0 saturated heterocycles. The van der Waals surface area contributed by atoms with E-state index in [1.54, 1.807) is 6.07 Å². The average molecular weight is 205 g/mol. The highest BCUT2D eigenvalue weighted by molar-refractivity contribution is 7.18. The van der Waals surface area contributed by atoms with E-state index in [1.807, 2.05) is 24.3 Å². The molecule has 0 fully saturated rings. The molecule has 0 aliphatic heterocycles. The number of aromatic nitrogens is 1. The second-order valence-electron chi connectivity index (χ2n) is 2.86. The lowest BCUT2D eigenvalue weighted by Gasteiger charge is -2.08. The van der Waals surface area contributed by atoms with E-state index in [0.29, 0.717) is 0 Å². The fourth-order valence-electron chi connectivity index (χ4n) is 1.08. The Morgan fingerprint density at radius 1 is 1.50 bits per heavy atom. The highest BCUT2D eigenvalue weighted by atomic mass is 32.1. The summed E-state index contributed by atoms with van der Waals surface area (Å²) in [6.07, 6.45) is 0. The van der Waals surface area contributed by atoms with Gasteiger partial charge in [-0.05, 0) is 12.1 Å². The molecule has 0 amide bonds. The second kappa shape index (κ2) is 3.03. The fourth-order valence-corrected chi connectivity index (χ4v) is 2.00. The summed E-state index contributed by atoms with van der Waals surface area (Å²) in [7, 11) is 0. The normalized spacial score (nSPS) is 14.9. The van der Waals surface area contributed by atoms with Gasteiger partial charge < -0.3 is 5.11 Å². The van der Waals surface area contributed by atoms with Crippen molar-refractivity contribution in [2.45, 2.75) is 5.72 Å². The van der Waals surface area contributed by atoms with Crippen LogP contribution in [-0.4, -0.2) is 10.1 Å². The van der Waals surface area contributed by atoms with E-state index in [-0.39, 0.29) is 5.01 Å². The topological polar surface area (TPSA) is 82.9 Å². The van der Waals surface area contributed by atoms with E-state index in [2.05, 4.69) is 4.98 Å². The highest BCUT2D eigenvalue weighted by Crippen LogP contribution is 2.26. The molecule has 0 aliphatic rings. The number of fused-ring (bicyclic) bond motifs is 1. The lowest BCUT2D eigenvalue weighted by molar-refractivity contribution is 0.106. The summed E-state index contributed by atoms with van der Waals surface area (Å²) < 4.78 is 0.904. The summed E-state index contributed by atoms with van der Waals surface area (Å²) in [5, 5.41) is 18.3. The standard InChI is InChI=1S/C9H7N3OS/c10-5-9(11,13)8-12-6-3-1-2-4-7(6)14-8/h1-4,13H,11H2. The van der Waals surface area contributed by atoms with Gasteiger partial charge in [-0.2, -0.15) is 5.26 Å². The average Bonchev–Trinajstić information content (AvgIpc) is 2.61. The molecule has 2 aromatic rings. The van der Waals surface area contributed by atoms with Crippen LogP contribution < -0.4 is 5.73 Å². The number of aliphatic hydroxyl groups is 1. The van der Waals surface area contributed by atoms with Gasteiger partial charge in [-0.3, -0.25) is 5.73 Å². The van der Waals surface area contributed by atoms with Gasteiger partial charge in [0.05, 0.1) is 10.2 Å². The zero-order valence-corrected chi connectivity index (χ0v) is 7.95. The molecule has 1 aromatic heterocycles. The number of hydrogen-bond acceptors (Lipinski definition) is 5. The van der Waals surface area contributed by atoms with Gasteiger partial charge in [-0.15, -0.1) is 11.3 Å². The zero-order chi connectivity index (χ0) is 10.2. The minimum Gasteiger partial charge on any atom is -0.358 e. The molecule has 2 rings (SSSR count). The van der Waals surface area contributed by atoms with Crippen LogP contribution in [0.3, 0.4) is 0 Å². The summed E-state index contributed by atoms with van der Waals surface area (Å²) in [6.45, 7) is 0. The van der Waals surface area contributed by atoms with Crippen molar-refractivity contribution in [3.05, 3.63) is 29.3 Å². The van der Waals surface area contributed by atoms with Gasteiger partial charge in [0.2, 0.25) is 0 Å². The van der Waals surface area contributed by atoms with Crippen molar-refractivity contribution in [2.24, 2.45) is 5.73 Å². The van der Waals surface area contributed by atoms with E-state index in [0.717, 1.165) is 10.2 Å². The predicted octanol–water partition coefficient (Wildman–Crippen LogP) is 0.924. The lowest BCUT2D eigenvalue weighted by atomic mass is 10.3. The first-order valence-corrected chi connectivity index (χ1v) is 4.74. The van der Waals surface area contributed by atoms with E-state index in [4.69, 9.17) is 11.0 Å². The predicted molar refractivity (Wildman–Crippen MR) is 53.3 cm³/mol. The van der Waals surface area contributed by atoms with Gasteiger partial charge in [0.15, 0.2) is 5.01 Å². The van der Waals surface area contributed by atoms with Gasteiger partial charge >= 0.3 is 0 Å². The van der Waals surface area contributed by atoms with Crippen LogP contribution in [0.1, 0.15) is 5.01 Å². The molecule has 1 heterocycles. The van der Waals surface area contributed by atoms with E-state index in [1.165, 1.54) is 11.3 Å². The largest absolute Gasteiger partial charge is 0.358 e. The highest BCUT2D eigenvalue weighted by Gasteiger charge is 2.27. The SMILES string of the molecule is N#CC(N)(O)c1nc2ccccc2s1. The summed E-state index contributed by atoms with van der Waals surface area (Å²) in [4.78, 5) is 4.08. The summed E-state index contributed by atoms with van der Waals surface area (Å²) in [5.41, 5.74) is 4.10. The van der Waals surface area contributed by atoms with Gasteiger partial charge in [-0.1, -0.05) is 12.1 Å². The van der Waals surface area contributed by atoms with Crippen LogP contribution >= 0.6 is 11.3 Å². The van der Waals surface area contributed by atoms with Crippen LogP contribution in [0.2, 0.25) is 0 Å². The number of para-hydroxylation sites is 1. The Labute approximate surface area is 84.2 Å². The van der Waals surface area contributed by atoms with Crippen molar-refractivity contribution in [3.8, 4) is 6.07 Å². The Morgan fingerprint density at radius 2 is 2.21 bits per heavy atom. The molecule has 0 saturated carbocycles. The maximum absolute atomic E-state index is 9.46. The van der Waals surface area contributed by atoms with Crippen LogP contribution in [0.5, 0.6) is 0 Å². The number of rotatable bonds is 1. The molecule has 14 heavy (non-hydrogen) atoms. The molecule has 0 spiro atoms. The van der Waals surface area contributed by atoms with Gasteiger partial charge in [0, 0.05) is 0 Å². The molecular weight excluding hydrogens is 198 g/mol. The third-order valence-electron chi connectivity index (χ3n) is 1.79. The number of nitrogens with zero attached hydrogens (tertiary/aromatic N) is 2. The van der Waals surface area contributed by atoms with Gasteiger partial charge in [0.1, 0.15) is 6.07 Å². The summed E-state index contributed by atoms with van der Waals surface area (Å²) in [6, 6.07) is 8.98. The first-order chi connectivity index (χ1) is 6.63. The fraction of sp³-hybridized carbons (Fsp3) is 0.111. The molecule has 0 aliphatic carbocycles. The third kappa shape index (κ3) is 1.36. The monoisotopic (exact) mass is 205 g/mol. The maximum Gasteiger partial charge on any atom is 0.256 e. The van der Waals surface area contributed by atoms with E-state index >= 15 is 0 Å². The molecule has 1 atom stereocenters. The zero-order valence-electron chi connectivity index (χ0n) is 7.14. The number of nitriles is 1. The van der Waals surface area contributed by atoms with Crippen molar-refractivity contribution < 1.29 is 5.11 Å². The van der Waals surface area contributed by atoms with Crippen LogP contribution in [0.4, 0.5) is 0 Å². The Morgan fingerprint density at radius 3 is 2.86 bits per heavy atom. The van der Waals surface area contributed by atoms with Gasteiger partial charge in [-0.25, -0.2) is 4.98 Å². The molecule has 0 radical (unpaired) electrons. The number of hydrogen-bond donors (Lipinski definition) is 2. The number of benzene rings is 1. The Balaban J connectivity index is 2.62. The molecule has 4 nitrogen and oxygen atoms in total. The number of nitrogens with two attached hydrogens (primary N) is 1. The number of thiazole rings is 1. The minimum atomic E-state index is -1.98. The molecule has 1 unspecified atom stereocenters. The van der Waals surface area contributed by atoms with Crippen LogP contribution in [0.25, 0.3) is 10.2 Å². The molecule has 5 heteroatoms. The second-order valence-corrected chi connectivity index (χ2v) is 3.90. The minimum absolute atomic E-state index is 0.223. The van der Waals surface area contributed by atoms with Crippen molar-refractivity contribution in [1.29, 1.82) is 5.26 Å². The Hall–Kier alpha value is -1.48. The molecule has 3 N–H and O–H groups in total. The maximum atomic E-state index is 9.46. The van der Waals surface area contributed by atoms with Crippen molar-refractivity contribution in [3.63, 3.8) is 0 Å². The van der Waals surface area contributed by atoms with E-state index < -0.39 is 5.72 Å². The van der Waals surface area contributed by atoms with Crippen molar-refractivity contribution in [2.75, 3.05) is 0 Å². The van der Waals surface area contributed by atoms with E-state index in [9.17, 15) is 5.11 Å². The van der Waals surface area contributed by atoms with Crippen LogP contribution in [0.15, 0.2) is 24.3 Å². The van der Waals surface area contributed by atoms with Crippen molar-refractivity contribution >= 4 is 21.6 Å². The quantitative estimate of drug-likeness (QED) is 0.535. The van der Waals surface area contributed by atoms with Crippen LogP contribution in [0, 0.1) is 11.3 Å². The molecule has 70 valence electrons. The Kier molecular flexibility index (Phi) is 1.97. The Bertz CT molecular complexity index is 479. The van der Waals surface area contributed by atoms with Gasteiger partial charge in [0.25, 0.3) is 5.72 Å². The first kappa shape index (κ1) is 9.09. The van der Waals surface area contributed by atoms with Crippen LogP contribution in [-0.2, 0) is 5.72 Å². The first-order valence-electron chi connectivity index (χ1n) is 3.92.